The maximum atomic E-state index is 14.4. The van der Waals surface area contributed by atoms with Crippen LogP contribution in [0.5, 0.6) is 17.2 Å². The molecule has 9 nitrogen and oxygen atoms in total. The van der Waals surface area contributed by atoms with Crippen molar-refractivity contribution >= 4 is 17.6 Å². The van der Waals surface area contributed by atoms with Gasteiger partial charge in [-0.15, -0.1) is 0 Å². The molecule has 3 aromatic rings. The number of nitrogens with zero attached hydrogens (tertiary/aromatic N) is 2. The third-order valence-electron chi connectivity index (χ3n) is 9.31. The lowest BCUT2D eigenvalue weighted by molar-refractivity contribution is -0.143. The highest BCUT2D eigenvalue weighted by Crippen LogP contribution is 2.43. The van der Waals surface area contributed by atoms with Crippen LogP contribution in [0.25, 0.3) is 0 Å². The average Bonchev–Trinajstić information content (AvgIpc) is 3.67. The van der Waals surface area contributed by atoms with Crippen LogP contribution in [-0.2, 0) is 16.2 Å². The van der Waals surface area contributed by atoms with E-state index < -0.39 is 23.8 Å². The van der Waals surface area contributed by atoms with Crippen molar-refractivity contribution in [1.29, 1.82) is 0 Å². The summed E-state index contributed by atoms with van der Waals surface area (Å²) < 4.78 is 31.5. The molecule has 252 valence electrons. The Bertz CT molecular complexity index is 1540. The molecule has 47 heavy (non-hydrogen) atoms. The standard InChI is InChI=1S/C37H45FN2O7/c1-4-8-27(9-5-2)40(28-13-14-30(38)24(3)18-28)35(42)21-39-20-29(25-12-15-33-34(19-25)47-23-46-33)36(37(43)44)31(39)16-17-45-32-11-7-6-10-26(32)22-41/h6-7,10-15,18-19,27,29,31,36,41H,4-5,8-9,16-17,20-23H2,1-3H3,(H,43,44)/t29-,31+,36-/m1/s1. The number of aliphatic hydroxyl groups excluding tert-OH is 1. The number of aliphatic hydroxyl groups is 1. The molecule has 2 aliphatic rings. The fourth-order valence-corrected chi connectivity index (χ4v) is 7.05. The van der Waals surface area contributed by atoms with Gasteiger partial charge in [-0.05, 0) is 73.7 Å². The molecule has 0 saturated carbocycles. The minimum absolute atomic E-state index is 0.0108. The summed E-state index contributed by atoms with van der Waals surface area (Å²) in [6.07, 6.45) is 3.67. The Morgan fingerprint density at radius 2 is 1.79 bits per heavy atom. The summed E-state index contributed by atoms with van der Waals surface area (Å²) in [7, 11) is 0. The predicted molar refractivity (Wildman–Crippen MR) is 176 cm³/mol. The van der Waals surface area contributed by atoms with Gasteiger partial charge in [0.1, 0.15) is 11.6 Å². The third kappa shape index (κ3) is 7.71. The van der Waals surface area contributed by atoms with E-state index in [1.807, 2.05) is 29.2 Å². The fourth-order valence-electron chi connectivity index (χ4n) is 7.05. The van der Waals surface area contributed by atoms with Crippen molar-refractivity contribution in [3.63, 3.8) is 0 Å². The molecule has 0 aliphatic carbocycles. The molecule has 1 fully saturated rings. The van der Waals surface area contributed by atoms with E-state index in [0.29, 0.717) is 47.0 Å². The van der Waals surface area contributed by atoms with E-state index in [2.05, 4.69) is 13.8 Å². The maximum absolute atomic E-state index is 14.4. The lowest BCUT2D eigenvalue weighted by Gasteiger charge is -2.35. The first-order valence-electron chi connectivity index (χ1n) is 16.5. The number of aryl methyl sites for hydroxylation is 1. The zero-order valence-corrected chi connectivity index (χ0v) is 27.4. The second-order valence-corrected chi connectivity index (χ2v) is 12.4. The number of likely N-dealkylation sites (tertiary alicyclic amines) is 1. The van der Waals surface area contributed by atoms with Gasteiger partial charge in [-0.3, -0.25) is 14.5 Å². The number of carbonyl (C=O) groups is 2. The average molecular weight is 649 g/mol. The SMILES string of the molecule is CCCC(CCC)N(C(=O)CN1C[C@H](c2ccc3c(c2)OCO3)[C@@H](C(=O)O)[C@@H]1CCOc1ccccc1CO)c1ccc(F)c(C)c1. The van der Waals surface area contributed by atoms with Crippen LogP contribution in [0.1, 0.15) is 68.6 Å². The monoisotopic (exact) mass is 648 g/mol. The van der Waals surface area contributed by atoms with Gasteiger partial charge in [0.25, 0.3) is 0 Å². The number of carboxylic acid groups (broad SMARTS) is 1. The molecule has 3 atom stereocenters. The molecule has 1 saturated heterocycles. The van der Waals surface area contributed by atoms with Gasteiger partial charge in [0.05, 0.1) is 25.7 Å². The first kappa shape index (κ1) is 34.2. The van der Waals surface area contributed by atoms with Crippen LogP contribution >= 0.6 is 0 Å². The van der Waals surface area contributed by atoms with Crippen molar-refractivity contribution in [3.8, 4) is 17.2 Å². The van der Waals surface area contributed by atoms with Crippen molar-refractivity contribution in [2.45, 2.75) is 77.5 Å². The van der Waals surface area contributed by atoms with Gasteiger partial charge in [0.15, 0.2) is 11.5 Å². The number of halogens is 1. The Kier molecular flexibility index (Phi) is 11.4. The lowest BCUT2D eigenvalue weighted by atomic mass is 9.84. The summed E-state index contributed by atoms with van der Waals surface area (Å²) in [5.74, 6) is -0.977. The Balaban J connectivity index is 1.47. The Morgan fingerprint density at radius 3 is 2.49 bits per heavy atom. The maximum Gasteiger partial charge on any atom is 0.308 e. The highest BCUT2D eigenvalue weighted by Gasteiger charge is 2.47. The summed E-state index contributed by atoms with van der Waals surface area (Å²) in [5, 5.41) is 20.4. The number of para-hydroxylation sites is 1. The van der Waals surface area contributed by atoms with E-state index in [9.17, 15) is 24.2 Å². The number of anilines is 1. The van der Waals surface area contributed by atoms with Gasteiger partial charge in [-0.25, -0.2) is 4.39 Å². The van der Waals surface area contributed by atoms with Crippen LogP contribution in [0.3, 0.4) is 0 Å². The topological polar surface area (TPSA) is 109 Å². The number of ether oxygens (including phenoxy) is 3. The molecule has 3 aromatic carbocycles. The Hall–Kier alpha value is -4.15. The molecule has 5 rings (SSSR count). The summed E-state index contributed by atoms with van der Waals surface area (Å²) in [6, 6.07) is 16.9. The zero-order chi connectivity index (χ0) is 33.5. The van der Waals surface area contributed by atoms with Crippen LogP contribution in [0.15, 0.2) is 60.7 Å². The molecule has 0 radical (unpaired) electrons. The van der Waals surface area contributed by atoms with Crippen molar-refractivity contribution in [2.24, 2.45) is 5.92 Å². The smallest absolute Gasteiger partial charge is 0.308 e. The van der Waals surface area contributed by atoms with Gasteiger partial charge >= 0.3 is 5.97 Å². The molecule has 0 bridgehead atoms. The highest BCUT2D eigenvalue weighted by molar-refractivity contribution is 5.95. The Labute approximate surface area is 275 Å². The van der Waals surface area contributed by atoms with Gasteiger partial charge in [0, 0.05) is 35.8 Å². The van der Waals surface area contributed by atoms with Gasteiger partial charge in [0.2, 0.25) is 12.7 Å². The zero-order valence-electron chi connectivity index (χ0n) is 27.4. The summed E-state index contributed by atoms with van der Waals surface area (Å²) >= 11 is 0. The van der Waals surface area contributed by atoms with Gasteiger partial charge < -0.3 is 29.3 Å². The van der Waals surface area contributed by atoms with Gasteiger partial charge in [-0.1, -0.05) is 51.0 Å². The number of aliphatic carboxylic acids is 1. The van der Waals surface area contributed by atoms with Crippen molar-refractivity contribution in [3.05, 3.63) is 83.2 Å². The van der Waals surface area contributed by atoms with E-state index in [4.69, 9.17) is 14.2 Å². The molecule has 10 heteroatoms. The number of carboxylic acids is 1. The minimum Gasteiger partial charge on any atom is -0.493 e. The molecule has 0 spiro atoms. The number of rotatable bonds is 15. The summed E-state index contributed by atoms with van der Waals surface area (Å²) in [5.41, 5.74) is 2.54. The van der Waals surface area contributed by atoms with Crippen LogP contribution in [0.2, 0.25) is 0 Å². The Morgan fingerprint density at radius 1 is 1.04 bits per heavy atom. The number of hydrogen-bond donors (Lipinski definition) is 2. The normalized spacial score (nSPS) is 18.9. The van der Waals surface area contributed by atoms with Crippen LogP contribution in [0, 0.1) is 18.7 Å². The second-order valence-electron chi connectivity index (χ2n) is 12.4. The first-order valence-corrected chi connectivity index (χ1v) is 16.5. The summed E-state index contributed by atoms with van der Waals surface area (Å²) in [4.78, 5) is 31.2. The van der Waals surface area contributed by atoms with Crippen LogP contribution in [-0.4, -0.2) is 65.6 Å². The number of hydrogen-bond acceptors (Lipinski definition) is 7. The third-order valence-corrected chi connectivity index (χ3v) is 9.31. The molecule has 2 aliphatic heterocycles. The highest BCUT2D eigenvalue weighted by atomic mass is 19.1. The quantitative estimate of drug-likeness (QED) is 0.198. The van der Waals surface area contributed by atoms with Crippen molar-refractivity contribution < 1.29 is 38.4 Å². The lowest BCUT2D eigenvalue weighted by Crippen LogP contribution is -2.48. The van der Waals surface area contributed by atoms with Crippen LogP contribution < -0.4 is 19.1 Å². The van der Waals surface area contributed by atoms with E-state index in [1.54, 1.807) is 42.2 Å². The number of amides is 1. The number of fused-ring (bicyclic) bond motifs is 1. The molecule has 0 aromatic heterocycles. The first-order chi connectivity index (χ1) is 22.7. The molecule has 1 amide bonds. The minimum atomic E-state index is -0.954. The second kappa shape index (κ2) is 15.6. The van der Waals surface area contributed by atoms with Gasteiger partial charge in [-0.2, -0.15) is 0 Å². The molecule has 2 heterocycles. The number of carbonyl (C=O) groups excluding carboxylic acids is 1. The largest absolute Gasteiger partial charge is 0.493 e. The molecular formula is C37H45FN2O7. The summed E-state index contributed by atoms with van der Waals surface area (Å²) in [6.45, 7) is 6.30. The number of benzene rings is 3. The van der Waals surface area contributed by atoms with E-state index in [0.717, 1.165) is 31.2 Å². The molecule has 2 N–H and O–H groups in total. The van der Waals surface area contributed by atoms with Crippen LogP contribution in [0.4, 0.5) is 10.1 Å². The van der Waals surface area contributed by atoms with E-state index >= 15 is 0 Å². The molecular weight excluding hydrogens is 603 g/mol. The van der Waals surface area contributed by atoms with E-state index in [1.165, 1.54) is 6.07 Å². The predicted octanol–water partition coefficient (Wildman–Crippen LogP) is 6.29. The van der Waals surface area contributed by atoms with Crippen molar-refractivity contribution in [2.75, 3.05) is 31.4 Å². The van der Waals surface area contributed by atoms with Crippen molar-refractivity contribution in [1.82, 2.24) is 4.90 Å². The van der Waals surface area contributed by atoms with E-state index in [-0.39, 0.29) is 44.3 Å². The fraction of sp³-hybridized carbons (Fsp3) is 0.459. The molecule has 0 unspecified atom stereocenters.